The summed E-state index contributed by atoms with van der Waals surface area (Å²) in [6.45, 7) is 8.13. The van der Waals surface area contributed by atoms with Gasteiger partial charge < -0.3 is 5.32 Å². The van der Waals surface area contributed by atoms with E-state index in [4.69, 9.17) is 0 Å². The van der Waals surface area contributed by atoms with E-state index in [0.29, 0.717) is 18.7 Å². The van der Waals surface area contributed by atoms with E-state index in [1.54, 1.807) is 0 Å². The molecule has 136 valence electrons. The molecule has 1 amide bonds. The molecule has 0 aliphatic heterocycles. The molecule has 0 unspecified atom stereocenters. The Labute approximate surface area is 153 Å². The zero-order chi connectivity index (χ0) is 18.5. The van der Waals surface area contributed by atoms with Gasteiger partial charge in [-0.2, -0.15) is 10.2 Å². The van der Waals surface area contributed by atoms with Gasteiger partial charge in [0.2, 0.25) is 0 Å². The van der Waals surface area contributed by atoms with Gasteiger partial charge in [-0.05, 0) is 56.5 Å². The van der Waals surface area contributed by atoms with Crippen molar-refractivity contribution in [1.29, 1.82) is 0 Å². The molecule has 0 bridgehead atoms. The highest BCUT2D eigenvalue weighted by Crippen LogP contribution is 2.10. The molecule has 0 fully saturated rings. The third-order valence-electron chi connectivity index (χ3n) is 4.24. The van der Waals surface area contributed by atoms with Crippen LogP contribution in [0.3, 0.4) is 0 Å². The number of hydrogen-bond acceptors (Lipinski definition) is 3. The van der Waals surface area contributed by atoms with Crippen LogP contribution in [-0.2, 0) is 13.1 Å². The van der Waals surface area contributed by atoms with Gasteiger partial charge in [0.05, 0.1) is 18.4 Å². The second-order valence-corrected chi connectivity index (χ2v) is 6.68. The number of carbonyl (C=O) groups is 1. The Balaban J connectivity index is 1.53. The number of rotatable bonds is 7. The molecule has 0 atom stereocenters. The molecule has 0 saturated heterocycles. The van der Waals surface area contributed by atoms with Crippen LogP contribution in [0.5, 0.6) is 0 Å². The highest BCUT2D eigenvalue weighted by Gasteiger charge is 2.07. The molecule has 3 rings (SSSR count). The molecule has 3 aromatic rings. The Morgan fingerprint density at radius 1 is 1.19 bits per heavy atom. The molecule has 2 aromatic heterocycles. The summed E-state index contributed by atoms with van der Waals surface area (Å²) in [5.41, 5.74) is 5.01. The first-order valence-electron chi connectivity index (χ1n) is 8.88. The van der Waals surface area contributed by atoms with Crippen LogP contribution in [0.2, 0.25) is 0 Å². The molecule has 0 aliphatic carbocycles. The van der Waals surface area contributed by atoms with E-state index >= 15 is 0 Å². The van der Waals surface area contributed by atoms with Gasteiger partial charge in [0.1, 0.15) is 0 Å². The maximum atomic E-state index is 12.4. The molecule has 26 heavy (non-hydrogen) atoms. The highest BCUT2D eigenvalue weighted by molar-refractivity contribution is 5.94. The lowest BCUT2D eigenvalue weighted by Gasteiger charge is -2.08. The van der Waals surface area contributed by atoms with E-state index in [1.165, 1.54) is 0 Å². The average Bonchev–Trinajstić information content (AvgIpc) is 3.16. The summed E-state index contributed by atoms with van der Waals surface area (Å²) in [5, 5.41) is 11.7. The normalized spacial score (nSPS) is 10.9. The standard InChI is InChI=1S/C20H25N5O/c1-15-12-22-24(13-15)9-5-8-21-20(26)19-7-4-6-18(11-19)14-25-17(3)10-16(2)23-25/h4,6-7,10-13H,5,8-9,14H2,1-3H3,(H,21,26). The van der Waals surface area contributed by atoms with Gasteiger partial charge in [0.15, 0.2) is 0 Å². The fourth-order valence-electron chi connectivity index (χ4n) is 2.95. The van der Waals surface area contributed by atoms with Crippen LogP contribution in [-0.4, -0.2) is 32.0 Å². The van der Waals surface area contributed by atoms with Gasteiger partial charge in [-0.15, -0.1) is 0 Å². The summed E-state index contributed by atoms with van der Waals surface area (Å²) in [6.07, 6.45) is 4.69. The number of aryl methyl sites for hydroxylation is 4. The molecule has 6 heteroatoms. The minimum atomic E-state index is -0.0446. The topological polar surface area (TPSA) is 64.7 Å². The first-order chi connectivity index (χ1) is 12.5. The van der Waals surface area contributed by atoms with Crippen LogP contribution in [0.1, 0.15) is 39.3 Å². The Kier molecular flexibility index (Phi) is 5.51. The van der Waals surface area contributed by atoms with Gasteiger partial charge in [-0.25, -0.2) is 0 Å². The number of benzene rings is 1. The predicted octanol–water partition coefficient (Wildman–Crippen LogP) is 2.87. The second kappa shape index (κ2) is 7.99. The summed E-state index contributed by atoms with van der Waals surface area (Å²) in [6, 6.07) is 9.77. The van der Waals surface area contributed by atoms with E-state index in [1.807, 2.05) is 66.8 Å². The number of nitrogens with one attached hydrogen (secondary N) is 1. The number of carbonyl (C=O) groups excluding carboxylic acids is 1. The van der Waals surface area contributed by atoms with Crippen LogP contribution in [0.25, 0.3) is 0 Å². The van der Waals surface area contributed by atoms with Crippen molar-refractivity contribution < 1.29 is 4.79 Å². The lowest BCUT2D eigenvalue weighted by atomic mass is 10.1. The number of nitrogens with zero attached hydrogens (tertiary/aromatic N) is 4. The van der Waals surface area contributed by atoms with Crippen molar-refractivity contribution in [3.63, 3.8) is 0 Å². The maximum absolute atomic E-state index is 12.4. The van der Waals surface area contributed by atoms with Crippen molar-refractivity contribution in [2.75, 3.05) is 6.54 Å². The van der Waals surface area contributed by atoms with Gasteiger partial charge in [0.25, 0.3) is 5.91 Å². The van der Waals surface area contributed by atoms with E-state index < -0.39 is 0 Å². The van der Waals surface area contributed by atoms with Gasteiger partial charge in [-0.3, -0.25) is 14.2 Å². The highest BCUT2D eigenvalue weighted by atomic mass is 16.1. The van der Waals surface area contributed by atoms with Gasteiger partial charge in [-0.1, -0.05) is 12.1 Å². The van der Waals surface area contributed by atoms with E-state index in [-0.39, 0.29) is 5.91 Å². The van der Waals surface area contributed by atoms with Gasteiger partial charge >= 0.3 is 0 Å². The summed E-state index contributed by atoms with van der Waals surface area (Å²) in [4.78, 5) is 12.4. The lowest BCUT2D eigenvalue weighted by molar-refractivity contribution is 0.0952. The monoisotopic (exact) mass is 351 g/mol. The molecule has 0 saturated carbocycles. The molecule has 1 aromatic carbocycles. The molecule has 0 spiro atoms. The fraction of sp³-hybridized carbons (Fsp3) is 0.350. The van der Waals surface area contributed by atoms with Crippen molar-refractivity contribution in [3.05, 3.63) is 70.8 Å². The van der Waals surface area contributed by atoms with Crippen LogP contribution in [0.4, 0.5) is 0 Å². The van der Waals surface area contributed by atoms with E-state index in [0.717, 1.165) is 35.5 Å². The largest absolute Gasteiger partial charge is 0.352 e. The second-order valence-electron chi connectivity index (χ2n) is 6.68. The number of aromatic nitrogens is 4. The SMILES string of the molecule is Cc1cnn(CCCNC(=O)c2cccc(Cn3nc(C)cc3C)c2)c1. The smallest absolute Gasteiger partial charge is 0.251 e. The predicted molar refractivity (Wildman–Crippen MR) is 101 cm³/mol. The Hall–Kier alpha value is -2.89. The zero-order valence-electron chi connectivity index (χ0n) is 15.6. The van der Waals surface area contributed by atoms with Crippen LogP contribution < -0.4 is 5.32 Å². The average molecular weight is 351 g/mol. The maximum Gasteiger partial charge on any atom is 0.251 e. The van der Waals surface area contributed by atoms with E-state index in [9.17, 15) is 4.79 Å². The van der Waals surface area contributed by atoms with Crippen LogP contribution >= 0.6 is 0 Å². The van der Waals surface area contributed by atoms with Crippen molar-refractivity contribution in [1.82, 2.24) is 24.9 Å². The minimum absolute atomic E-state index is 0.0446. The summed E-state index contributed by atoms with van der Waals surface area (Å²) < 4.78 is 3.86. The molecular weight excluding hydrogens is 326 g/mol. The first-order valence-corrected chi connectivity index (χ1v) is 8.88. The van der Waals surface area contributed by atoms with E-state index in [2.05, 4.69) is 21.6 Å². The quantitative estimate of drug-likeness (QED) is 0.666. The molecule has 0 aliphatic rings. The Morgan fingerprint density at radius 3 is 2.73 bits per heavy atom. The molecule has 2 heterocycles. The minimum Gasteiger partial charge on any atom is -0.352 e. The third kappa shape index (κ3) is 4.59. The molecule has 6 nitrogen and oxygen atoms in total. The van der Waals surface area contributed by atoms with Crippen LogP contribution in [0, 0.1) is 20.8 Å². The van der Waals surface area contributed by atoms with Crippen molar-refractivity contribution in [3.8, 4) is 0 Å². The third-order valence-corrected chi connectivity index (χ3v) is 4.24. The summed E-state index contributed by atoms with van der Waals surface area (Å²) in [7, 11) is 0. The Morgan fingerprint density at radius 2 is 2.04 bits per heavy atom. The lowest BCUT2D eigenvalue weighted by Crippen LogP contribution is -2.25. The van der Waals surface area contributed by atoms with Gasteiger partial charge in [0, 0.05) is 30.5 Å². The zero-order valence-corrected chi connectivity index (χ0v) is 15.6. The van der Waals surface area contributed by atoms with Crippen molar-refractivity contribution in [2.45, 2.75) is 40.3 Å². The molecular formula is C20H25N5O. The Bertz CT molecular complexity index is 893. The van der Waals surface area contributed by atoms with Crippen LogP contribution in [0.15, 0.2) is 42.7 Å². The molecule has 0 radical (unpaired) electrons. The summed E-state index contributed by atoms with van der Waals surface area (Å²) >= 11 is 0. The molecule has 1 N–H and O–H groups in total. The first kappa shape index (κ1) is 17.9. The van der Waals surface area contributed by atoms with Crippen molar-refractivity contribution in [2.24, 2.45) is 0 Å². The van der Waals surface area contributed by atoms with Crippen molar-refractivity contribution >= 4 is 5.91 Å². The number of hydrogen-bond donors (Lipinski definition) is 1. The fourth-order valence-corrected chi connectivity index (χ4v) is 2.95. The summed E-state index contributed by atoms with van der Waals surface area (Å²) in [5.74, 6) is -0.0446. The number of amides is 1.